The number of anilines is 1. The zero-order chi connectivity index (χ0) is 22.0. The van der Waals surface area contributed by atoms with Crippen molar-refractivity contribution in [3.63, 3.8) is 0 Å². The van der Waals surface area contributed by atoms with E-state index < -0.39 is 0 Å². The maximum Gasteiger partial charge on any atom is 0.251 e. The van der Waals surface area contributed by atoms with Crippen LogP contribution in [-0.4, -0.2) is 32.6 Å². The third-order valence-electron chi connectivity index (χ3n) is 6.12. The first-order valence-electron chi connectivity index (χ1n) is 10.7. The minimum atomic E-state index is -0.138. The molecule has 6 heteroatoms. The van der Waals surface area contributed by atoms with E-state index in [0.29, 0.717) is 23.5 Å². The van der Waals surface area contributed by atoms with Gasteiger partial charge >= 0.3 is 0 Å². The van der Waals surface area contributed by atoms with Crippen LogP contribution in [0.1, 0.15) is 60.0 Å². The standard InChI is InChI=1S/C25H28N2O4/c1-15(28)27-17-10-8-16(9-11-17)25(29)26-14-22-19-7-5-4-6-18(19)20-12-23(30-2)24(31-3)13-21(20)22/h8-13,22H,4-7,14H2,1-3H3,(H,26,29)(H,27,28)/t22-/m1/s1. The van der Waals surface area contributed by atoms with Gasteiger partial charge in [-0.2, -0.15) is 0 Å². The van der Waals surface area contributed by atoms with E-state index in [-0.39, 0.29) is 17.7 Å². The lowest BCUT2D eigenvalue weighted by Gasteiger charge is -2.21. The normalized spacial score (nSPS) is 16.9. The van der Waals surface area contributed by atoms with E-state index in [9.17, 15) is 9.59 Å². The summed E-state index contributed by atoms with van der Waals surface area (Å²) in [6.07, 6.45) is 4.48. The summed E-state index contributed by atoms with van der Waals surface area (Å²) in [5.74, 6) is 1.34. The molecular weight excluding hydrogens is 392 g/mol. The maximum atomic E-state index is 12.8. The average Bonchev–Trinajstić information content (AvgIpc) is 3.09. The van der Waals surface area contributed by atoms with Crippen molar-refractivity contribution in [3.8, 4) is 11.5 Å². The van der Waals surface area contributed by atoms with Crippen molar-refractivity contribution in [1.29, 1.82) is 0 Å². The van der Waals surface area contributed by atoms with Crippen LogP contribution in [0.15, 0.2) is 42.0 Å². The van der Waals surface area contributed by atoms with E-state index in [1.807, 2.05) is 0 Å². The summed E-state index contributed by atoms with van der Waals surface area (Å²) in [4.78, 5) is 23.9. The molecule has 0 saturated heterocycles. The highest BCUT2D eigenvalue weighted by atomic mass is 16.5. The third kappa shape index (κ3) is 4.15. The lowest BCUT2D eigenvalue weighted by atomic mass is 9.87. The fraction of sp³-hybridized carbons (Fsp3) is 0.360. The van der Waals surface area contributed by atoms with E-state index >= 15 is 0 Å². The molecule has 6 nitrogen and oxygen atoms in total. The van der Waals surface area contributed by atoms with E-state index in [1.165, 1.54) is 42.0 Å². The van der Waals surface area contributed by atoms with Crippen LogP contribution in [0.2, 0.25) is 0 Å². The van der Waals surface area contributed by atoms with Gasteiger partial charge in [-0.05, 0) is 78.8 Å². The second kappa shape index (κ2) is 8.84. The van der Waals surface area contributed by atoms with E-state index in [4.69, 9.17) is 9.47 Å². The molecule has 1 atom stereocenters. The number of benzene rings is 2. The summed E-state index contributed by atoms with van der Waals surface area (Å²) in [6, 6.07) is 11.1. The molecule has 162 valence electrons. The van der Waals surface area contributed by atoms with Crippen molar-refractivity contribution in [2.75, 3.05) is 26.1 Å². The highest BCUT2D eigenvalue weighted by Crippen LogP contribution is 2.51. The van der Waals surface area contributed by atoms with Crippen molar-refractivity contribution in [3.05, 3.63) is 58.7 Å². The van der Waals surface area contributed by atoms with Crippen LogP contribution >= 0.6 is 0 Å². The van der Waals surface area contributed by atoms with Gasteiger partial charge in [0.25, 0.3) is 5.91 Å². The molecule has 2 aliphatic rings. The van der Waals surface area contributed by atoms with Crippen LogP contribution in [0.4, 0.5) is 5.69 Å². The first-order valence-corrected chi connectivity index (χ1v) is 10.7. The third-order valence-corrected chi connectivity index (χ3v) is 6.12. The largest absolute Gasteiger partial charge is 0.493 e. The molecule has 0 saturated carbocycles. The second-order valence-electron chi connectivity index (χ2n) is 8.03. The predicted molar refractivity (Wildman–Crippen MR) is 121 cm³/mol. The quantitative estimate of drug-likeness (QED) is 0.721. The minimum absolute atomic E-state index is 0.124. The average molecular weight is 421 g/mol. The Balaban J connectivity index is 1.55. The minimum Gasteiger partial charge on any atom is -0.493 e. The number of hydrogen-bond donors (Lipinski definition) is 2. The van der Waals surface area contributed by atoms with Gasteiger partial charge in [-0.1, -0.05) is 5.57 Å². The number of nitrogens with one attached hydrogen (secondary N) is 2. The summed E-state index contributed by atoms with van der Waals surface area (Å²) in [5, 5.41) is 5.82. The number of fused-ring (bicyclic) bond motifs is 2. The summed E-state index contributed by atoms with van der Waals surface area (Å²) in [5.41, 5.74) is 6.50. The van der Waals surface area contributed by atoms with E-state index in [2.05, 4.69) is 22.8 Å². The Labute approximate surface area is 182 Å². The van der Waals surface area contributed by atoms with Gasteiger partial charge in [0.15, 0.2) is 11.5 Å². The smallest absolute Gasteiger partial charge is 0.251 e. The fourth-order valence-corrected chi connectivity index (χ4v) is 4.69. The number of amides is 2. The molecule has 2 aliphatic carbocycles. The van der Waals surface area contributed by atoms with Gasteiger partial charge < -0.3 is 20.1 Å². The van der Waals surface area contributed by atoms with Gasteiger partial charge in [-0.25, -0.2) is 0 Å². The van der Waals surface area contributed by atoms with Gasteiger partial charge in [0, 0.05) is 30.6 Å². The molecule has 0 heterocycles. The molecule has 0 fully saturated rings. The van der Waals surface area contributed by atoms with Crippen molar-refractivity contribution < 1.29 is 19.1 Å². The first-order chi connectivity index (χ1) is 15.0. The molecule has 0 bridgehead atoms. The topological polar surface area (TPSA) is 76.7 Å². The van der Waals surface area contributed by atoms with Crippen molar-refractivity contribution in [1.82, 2.24) is 5.32 Å². The molecule has 4 rings (SSSR count). The van der Waals surface area contributed by atoms with Gasteiger partial charge in [0.1, 0.15) is 0 Å². The lowest BCUT2D eigenvalue weighted by molar-refractivity contribution is -0.114. The Kier molecular flexibility index (Phi) is 5.98. The van der Waals surface area contributed by atoms with Crippen molar-refractivity contribution in [2.45, 2.75) is 38.5 Å². The monoisotopic (exact) mass is 420 g/mol. The molecule has 2 N–H and O–H groups in total. The van der Waals surface area contributed by atoms with Crippen LogP contribution in [0.3, 0.4) is 0 Å². The SMILES string of the molecule is COc1cc2c(cc1OC)[C@H](CNC(=O)c1ccc(NC(C)=O)cc1)C1=C2CCCC1. The van der Waals surface area contributed by atoms with Crippen molar-refractivity contribution in [2.24, 2.45) is 0 Å². The summed E-state index contributed by atoms with van der Waals surface area (Å²) in [6.45, 7) is 1.99. The van der Waals surface area contributed by atoms with Gasteiger partial charge in [0.05, 0.1) is 14.2 Å². The molecule has 0 unspecified atom stereocenters. The molecule has 31 heavy (non-hydrogen) atoms. The number of allylic oxidation sites excluding steroid dienone is 1. The number of carbonyl (C=O) groups excluding carboxylic acids is 2. The van der Waals surface area contributed by atoms with Crippen LogP contribution in [0.25, 0.3) is 5.57 Å². The van der Waals surface area contributed by atoms with Crippen molar-refractivity contribution >= 4 is 23.1 Å². The maximum absolute atomic E-state index is 12.8. The molecule has 0 spiro atoms. The molecule has 0 radical (unpaired) electrons. The van der Waals surface area contributed by atoms with Crippen LogP contribution in [0, 0.1) is 0 Å². The highest BCUT2D eigenvalue weighted by Gasteiger charge is 2.34. The number of ether oxygens (including phenoxy) is 2. The first kappa shape index (κ1) is 21.0. The fourth-order valence-electron chi connectivity index (χ4n) is 4.69. The zero-order valence-corrected chi connectivity index (χ0v) is 18.2. The molecule has 0 aromatic heterocycles. The Hall–Kier alpha value is -3.28. The highest BCUT2D eigenvalue weighted by molar-refractivity contribution is 5.95. The number of rotatable bonds is 6. The summed E-state index contributed by atoms with van der Waals surface area (Å²) < 4.78 is 11.1. The molecule has 2 amide bonds. The Morgan fingerprint density at radius 3 is 2.35 bits per heavy atom. The molecule has 2 aromatic carbocycles. The van der Waals surface area contributed by atoms with E-state index in [0.717, 1.165) is 18.6 Å². The predicted octanol–water partition coefficient (Wildman–Crippen LogP) is 4.52. The summed E-state index contributed by atoms with van der Waals surface area (Å²) in [7, 11) is 3.30. The lowest BCUT2D eigenvalue weighted by Crippen LogP contribution is -2.28. The number of methoxy groups -OCH3 is 2. The van der Waals surface area contributed by atoms with Crippen LogP contribution in [-0.2, 0) is 4.79 Å². The molecule has 2 aromatic rings. The number of hydrogen-bond acceptors (Lipinski definition) is 4. The second-order valence-corrected chi connectivity index (χ2v) is 8.03. The Morgan fingerprint density at radius 2 is 1.68 bits per heavy atom. The zero-order valence-electron chi connectivity index (χ0n) is 18.2. The van der Waals surface area contributed by atoms with Gasteiger partial charge in [-0.3, -0.25) is 9.59 Å². The van der Waals surface area contributed by atoms with Gasteiger partial charge in [-0.15, -0.1) is 0 Å². The molecule has 0 aliphatic heterocycles. The summed E-state index contributed by atoms with van der Waals surface area (Å²) >= 11 is 0. The van der Waals surface area contributed by atoms with Gasteiger partial charge in [0.2, 0.25) is 5.91 Å². The van der Waals surface area contributed by atoms with E-state index in [1.54, 1.807) is 38.5 Å². The molecular formula is C25H28N2O4. The Morgan fingerprint density at radius 1 is 1.00 bits per heavy atom. The van der Waals surface area contributed by atoms with Crippen LogP contribution < -0.4 is 20.1 Å². The number of carbonyl (C=O) groups is 2. The Bertz CT molecular complexity index is 1040. The van der Waals surface area contributed by atoms with Crippen LogP contribution in [0.5, 0.6) is 11.5 Å².